The summed E-state index contributed by atoms with van der Waals surface area (Å²) in [6, 6.07) is 7.10. The average molecular weight is 326 g/mol. The Balaban J connectivity index is 0.00000242. The van der Waals surface area contributed by atoms with Gasteiger partial charge in [0.05, 0.1) is 11.3 Å². The Kier molecular flexibility index (Phi) is 7.91. The third-order valence-corrected chi connectivity index (χ3v) is 3.73. The van der Waals surface area contributed by atoms with Gasteiger partial charge in [-0.15, -0.1) is 12.4 Å². The minimum Gasteiger partial charge on any atom is -0.352 e. The molecule has 1 aromatic carbocycles. The van der Waals surface area contributed by atoms with Gasteiger partial charge in [0.1, 0.15) is 0 Å². The molecule has 1 atom stereocenters. The smallest absolute Gasteiger partial charge is 0.253 e. The van der Waals surface area contributed by atoms with Crippen LogP contribution in [-0.4, -0.2) is 31.4 Å². The number of carbonyl (C=O) groups is 2. The lowest BCUT2D eigenvalue weighted by molar-refractivity contribution is -0.116. The normalized spacial score (nSPS) is 16.7. The molecule has 1 heterocycles. The second-order valence-corrected chi connectivity index (χ2v) is 5.35. The van der Waals surface area contributed by atoms with Crippen molar-refractivity contribution in [3.63, 3.8) is 0 Å². The SMILES string of the molecule is CCNC(=O)c1ccccc1NC(=O)CCC1CCNC1.Cl. The van der Waals surface area contributed by atoms with Gasteiger partial charge in [-0.1, -0.05) is 12.1 Å². The molecule has 1 saturated heterocycles. The Hall–Kier alpha value is -1.59. The second kappa shape index (κ2) is 9.43. The van der Waals surface area contributed by atoms with Gasteiger partial charge in [-0.05, 0) is 50.9 Å². The maximum Gasteiger partial charge on any atom is 0.253 e. The molecule has 1 fully saturated rings. The van der Waals surface area contributed by atoms with Crippen LogP contribution in [0.25, 0.3) is 0 Å². The number of anilines is 1. The van der Waals surface area contributed by atoms with E-state index >= 15 is 0 Å². The molecule has 6 heteroatoms. The van der Waals surface area contributed by atoms with E-state index in [0.29, 0.717) is 30.1 Å². The molecule has 122 valence electrons. The lowest BCUT2D eigenvalue weighted by Gasteiger charge is -2.12. The number of benzene rings is 1. The van der Waals surface area contributed by atoms with E-state index < -0.39 is 0 Å². The summed E-state index contributed by atoms with van der Waals surface area (Å²) in [5.74, 6) is 0.404. The highest BCUT2D eigenvalue weighted by atomic mass is 35.5. The van der Waals surface area contributed by atoms with Gasteiger partial charge in [0, 0.05) is 13.0 Å². The van der Waals surface area contributed by atoms with Gasteiger partial charge in [-0.3, -0.25) is 9.59 Å². The third kappa shape index (κ3) is 5.31. The highest BCUT2D eigenvalue weighted by molar-refractivity contribution is 6.03. The Morgan fingerprint density at radius 3 is 2.77 bits per heavy atom. The molecular weight excluding hydrogens is 302 g/mol. The van der Waals surface area contributed by atoms with Crippen LogP contribution in [0.5, 0.6) is 0 Å². The number of para-hydroxylation sites is 1. The van der Waals surface area contributed by atoms with Crippen molar-refractivity contribution in [2.24, 2.45) is 5.92 Å². The monoisotopic (exact) mass is 325 g/mol. The summed E-state index contributed by atoms with van der Waals surface area (Å²) in [4.78, 5) is 24.0. The zero-order valence-electron chi connectivity index (χ0n) is 12.9. The Morgan fingerprint density at radius 2 is 2.09 bits per heavy atom. The molecular formula is C16H24ClN3O2. The number of amides is 2. The first-order valence-corrected chi connectivity index (χ1v) is 7.58. The van der Waals surface area contributed by atoms with E-state index in [4.69, 9.17) is 0 Å². The summed E-state index contributed by atoms with van der Waals surface area (Å²) >= 11 is 0. The number of hydrogen-bond acceptors (Lipinski definition) is 3. The van der Waals surface area contributed by atoms with Gasteiger partial charge in [-0.2, -0.15) is 0 Å². The standard InChI is InChI=1S/C16H23N3O2.ClH/c1-2-18-16(21)13-5-3-4-6-14(13)19-15(20)8-7-12-9-10-17-11-12;/h3-6,12,17H,2,7-11H2,1H3,(H,18,21)(H,19,20);1H. The van der Waals surface area contributed by atoms with Crippen LogP contribution in [0.2, 0.25) is 0 Å². The van der Waals surface area contributed by atoms with E-state index in [1.807, 2.05) is 13.0 Å². The van der Waals surface area contributed by atoms with E-state index in [2.05, 4.69) is 16.0 Å². The summed E-state index contributed by atoms with van der Waals surface area (Å²) in [5.41, 5.74) is 1.09. The Morgan fingerprint density at radius 1 is 1.32 bits per heavy atom. The minimum absolute atomic E-state index is 0. The average Bonchev–Trinajstić information content (AvgIpc) is 2.99. The quantitative estimate of drug-likeness (QED) is 0.751. The fourth-order valence-corrected chi connectivity index (χ4v) is 2.55. The van der Waals surface area contributed by atoms with Crippen LogP contribution in [0.15, 0.2) is 24.3 Å². The van der Waals surface area contributed by atoms with Crippen LogP contribution in [0.4, 0.5) is 5.69 Å². The molecule has 22 heavy (non-hydrogen) atoms. The number of nitrogens with one attached hydrogen (secondary N) is 3. The fraction of sp³-hybridized carbons (Fsp3) is 0.500. The lowest BCUT2D eigenvalue weighted by atomic mass is 10.0. The molecule has 0 saturated carbocycles. The zero-order chi connectivity index (χ0) is 15.1. The Labute approximate surface area is 137 Å². The van der Waals surface area contributed by atoms with Crippen molar-refractivity contribution in [3.8, 4) is 0 Å². The van der Waals surface area contributed by atoms with Crippen molar-refractivity contribution in [2.45, 2.75) is 26.2 Å². The van der Waals surface area contributed by atoms with Crippen LogP contribution in [-0.2, 0) is 4.79 Å². The van der Waals surface area contributed by atoms with Crippen LogP contribution in [0.1, 0.15) is 36.5 Å². The summed E-state index contributed by atoms with van der Waals surface area (Å²) in [5, 5.41) is 8.91. The first kappa shape index (κ1) is 18.5. The lowest BCUT2D eigenvalue weighted by Crippen LogP contribution is -2.24. The molecule has 1 aliphatic heterocycles. The number of halogens is 1. The van der Waals surface area contributed by atoms with Crippen molar-refractivity contribution in [1.82, 2.24) is 10.6 Å². The summed E-state index contributed by atoms with van der Waals surface area (Å²) in [6.45, 7) is 4.49. The van der Waals surface area contributed by atoms with Gasteiger partial charge < -0.3 is 16.0 Å². The van der Waals surface area contributed by atoms with Crippen molar-refractivity contribution in [2.75, 3.05) is 25.0 Å². The highest BCUT2D eigenvalue weighted by Crippen LogP contribution is 2.18. The predicted molar refractivity (Wildman–Crippen MR) is 90.5 cm³/mol. The molecule has 2 rings (SSSR count). The molecule has 1 unspecified atom stereocenters. The second-order valence-electron chi connectivity index (χ2n) is 5.35. The number of carbonyl (C=O) groups excluding carboxylic acids is 2. The molecule has 0 radical (unpaired) electrons. The summed E-state index contributed by atoms with van der Waals surface area (Å²) in [6.07, 6.45) is 2.53. The van der Waals surface area contributed by atoms with Crippen molar-refractivity contribution >= 4 is 29.9 Å². The van der Waals surface area contributed by atoms with E-state index in [1.165, 1.54) is 0 Å². The van der Waals surface area contributed by atoms with Gasteiger partial charge in [0.15, 0.2) is 0 Å². The molecule has 0 aromatic heterocycles. The Bertz CT molecular complexity index is 502. The summed E-state index contributed by atoms with van der Waals surface area (Å²) in [7, 11) is 0. The molecule has 1 aliphatic rings. The topological polar surface area (TPSA) is 70.2 Å². The van der Waals surface area contributed by atoms with Crippen molar-refractivity contribution in [1.29, 1.82) is 0 Å². The predicted octanol–water partition coefficient (Wildman–Crippen LogP) is 2.19. The molecule has 0 spiro atoms. The van der Waals surface area contributed by atoms with Crippen LogP contribution in [0, 0.1) is 5.92 Å². The van der Waals surface area contributed by atoms with E-state index in [9.17, 15) is 9.59 Å². The third-order valence-electron chi connectivity index (χ3n) is 3.73. The number of rotatable bonds is 6. The molecule has 5 nitrogen and oxygen atoms in total. The minimum atomic E-state index is -0.159. The van der Waals surface area contributed by atoms with Gasteiger partial charge in [0.25, 0.3) is 5.91 Å². The van der Waals surface area contributed by atoms with E-state index in [-0.39, 0.29) is 24.2 Å². The van der Waals surface area contributed by atoms with Gasteiger partial charge >= 0.3 is 0 Å². The summed E-state index contributed by atoms with van der Waals surface area (Å²) < 4.78 is 0. The molecule has 0 bridgehead atoms. The van der Waals surface area contributed by atoms with E-state index in [1.54, 1.807) is 18.2 Å². The fourth-order valence-electron chi connectivity index (χ4n) is 2.55. The van der Waals surface area contributed by atoms with Gasteiger partial charge in [0.2, 0.25) is 5.91 Å². The largest absolute Gasteiger partial charge is 0.352 e. The maximum atomic E-state index is 12.0. The van der Waals surface area contributed by atoms with Crippen LogP contribution >= 0.6 is 12.4 Å². The molecule has 1 aromatic rings. The van der Waals surface area contributed by atoms with E-state index in [0.717, 1.165) is 25.9 Å². The van der Waals surface area contributed by atoms with Gasteiger partial charge in [-0.25, -0.2) is 0 Å². The van der Waals surface area contributed by atoms with Crippen molar-refractivity contribution in [3.05, 3.63) is 29.8 Å². The van der Waals surface area contributed by atoms with Crippen LogP contribution < -0.4 is 16.0 Å². The highest BCUT2D eigenvalue weighted by Gasteiger charge is 2.17. The first-order chi connectivity index (χ1) is 10.2. The number of hydrogen-bond donors (Lipinski definition) is 3. The maximum absolute atomic E-state index is 12.0. The molecule has 3 N–H and O–H groups in total. The first-order valence-electron chi connectivity index (χ1n) is 7.58. The molecule has 2 amide bonds. The van der Waals surface area contributed by atoms with Crippen molar-refractivity contribution < 1.29 is 9.59 Å². The van der Waals surface area contributed by atoms with Crippen LogP contribution in [0.3, 0.4) is 0 Å². The molecule has 0 aliphatic carbocycles. The zero-order valence-corrected chi connectivity index (χ0v) is 13.7.